The van der Waals surface area contributed by atoms with E-state index in [1.54, 1.807) is 4.90 Å². The molecule has 1 atom stereocenters. The number of allylic oxidation sites excluding steroid dienone is 1. The van der Waals surface area contributed by atoms with Gasteiger partial charge in [-0.25, -0.2) is 13.6 Å². The van der Waals surface area contributed by atoms with Crippen LogP contribution in [0, 0.1) is 11.6 Å². The Bertz CT molecular complexity index is 694. The summed E-state index contributed by atoms with van der Waals surface area (Å²) in [5.41, 5.74) is 0.0618. The van der Waals surface area contributed by atoms with Crippen LogP contribution in [-0.4, -0.2) is 43.1 Å². The number of nitrogens with one attached hydrogen (secondary N) is 2. The number of carbonyl (C=O) groups excluding carboxylic acids is 2. The van der Waals surface area contributed by atoms with E-state index in [0.29, 0.717) is 26.3 Å². The molecule has 6 nitrogen and oxygen atoms in total. The number of benzene rings is 1. The monoisotopic (exact) mass is 337 g/mol. The average Bonchev–Trinajstić information content (AvgIpc) is 2.54. The number of ether oxygens (including phenoxy) is 1. The number of urea groups is 1. The van der Waals surface area contributed by atoms with Crippen LogP contribution >= 0.6 is 0 Å². The molecule has 3 amide bonds. The lowest BCUT2D eigenvalue weighted by Crippen LogP contribution is -2.50. The fourth-order valence-corrected chi connectivity index (χ4v) is 2.92. The molecule has 24 heavy (non-hydrogen) atoms. The van der Waals surface area contributed by atoms with Crippen molar-refractivity contribution in [2.24, 2.45) is 0 Å². The lowest BCUT2D eigenvalue weighted by molar-refractivity contribution is -0.131. The second kappa shape index (κ2) is 6.56. The Morgan fingerprint density at radius 2 is 1.88 bits per heavy atom. The number of carbonyl (C=O) groups is 2. The van der Waals surface area contributed by atoms with E-state index in [-0.39, 0.29) is 22.7 Å². The molecule has 2 aliphatic heterocycles. The van der Waals surface area contributed by atoms with Crippen LogP contribution in [0.15, 0.2) is 29.5 Å². The van der Waals surface area contributed by atoms with Crippen molar-refractivity contribution in [1.82, 2.24) is 15.5 Å². The van der Waals surface area contributed by atoms with Gasteiger partial charge in [-0.1, -0.05) is 6.07 Å². The summed E-state index contributed by atoms with van der Waals surface area (Å²) in [7, 11) is 0. The van der Waals surface area contributed by atoms with Gasteiger partial charge in [0.1, 0.15) is 11.6 Å². The quantitative estimate of drug-likeness (QED) is 0.858. The highest BCUT2D eigenvalue weighted by Gasteiger charge is 2.36. The van der Waals surface area contributed by atoms with Crippen LogP contribution in [0.5, 0.6) is 0 Å². The molecule has 0 spiro atoms. The first-order valence-corrected chi connectivity index (χ1v) is 7.58. The summed E-state index contributed by atoms with van der Waals surface area (Å²) in [4.78, 5) is 26.2. The van der Waals surface area contributed by atoms with E-state index in [4.69, 9.17) is 4.74 Å². The van der Waals surface area contributed by atoms with Crippen LogP contribution in [0.3, 0.4) is 0 Å². The largest absolute Gasteiger partial charge is 0.378 e. The molecule has 2 aliphatic rings. The minimum Gasteiger partial charge on any atom is -0.378 e. The second-order valence-electron chi connectivity index (χ2n) is 5.61. The minimum atomic E-state index is -1.18. The molecule has 2 N–H and O–H groups in total. The lowest BCUT2D eigenvalue weighted by atomic mass is 9.93. The van der Waals surface area contributed by atoms with Gasteiger partial charge in [0.15, 0.2) is 0 Å². The Kier molecular flexibility index (Phi) is 4.48. The van der Waals surface area contributed by atoms with Crippen LogP contribution in [0.2, 0.25) is 0 Å². The fourth-order valence-electron chi connectivity index (χ4n) is 2.92. The van der Waals surface area contributed by atoms with E-state index in [1.165, 1.54) is 13.0 Å². The highest BCUT2D eigenvalue weighted by molar-refractivity contribution is 5.98. The summed E-state index contributed by atoms with van der Waals surface area (Å²) in [6.07, 6.45) is 0. The van der Waals surface area contributed by atoms with Gasteiger partial charge in [0, 0.05) is 18.8 Å². The first-order valence-electron chi connectivity index (χ1n) is 7.58. The molecule has 0 aliphatic carbocycles. The Morgan fingerprint density at radius 1 is 1.25 bits per heavy atom. The number of hydrogen-bond acceptors (Lipinski definition) is 3. The van der Waals surface area contributed by atoms with Crippen molar-refractivity contribution in [2.45, 2.75) is 13.0 Å². The van der Waals surface area contributed by atoms with Crippen LogP contribution in [0.1, 0.15) is 18.5 Å². The lowest BCUT2D eigenvalue weighted by Gasteiger charge is -2.34. The maximum absolute atomic E-state index is 14.2. The van der Waals surface area contributed by atoms with Crippen molar-refractivity contribution in [3.05, 3.63) is 46.7 Å². The summed E-state index contributed by atoms with van der Waals surface area (Å²) in [6, 6.07) is 1.63. The summed E-state index contributed by atoms with van der Waals surface area (Å²) >= 11 is 0. The predicted octanol–water partition coefficient (Wildman–Crippen LogP) is 1.45. The van der Waals surface area contributed by atoms with E-state index in [2.05, 4.69) is 10.6 Å². The summed E-state index contributed by atoms with van der Waals surface area (Å²) in [5, 5.41) is 4.94. The zero-order valence-corrected chi connectivity index (χ0v) is 13.1. The Balaban J connectivity index is 2.04. The van der Waals surface area contributed by atoms with E-state index >= 15 is 0 Å². The molecule has 128 valence electrons. The molecular weight excluding hydrogens is 320 g/mol. The Hall–Kier alpha value is -2.48. The van der Waals surface area contributed by atoms with Crippen molar-refractivity contribution < 1.29 is 23.1 Å². The molecular formula is C16H17F2N3O3. The summed E-state index contributed by atoms with van der Waals surface area (Å²) in [6.45, 7) is 3.11. The fraction of sp³-hybridized carbons (Fsp3) is 0.375. The molecule has 0 radical (unpaired) electrons. The Labute approximate surface area is 137 Å². The Morgan fingerprint density at radius 3 is 2.50 bits per heavy atom. The molecule has 1 fully saturated rings. The maximum atomic E-state index is 14.2. The van der Waals surface area contributed by atoms with Crippen LogP contribution in [0.25, 0.3) is 0 Å². The topological polar surface area (TPSA) is 70.7 Å². The third-order valence-corrected chi connectivity index (χ3v) is 4.09. The van der Waals surface area contributed by atoms with Gasteiger partial charge in [0.25, 0.3) is 5.91 Å². The van der Waals surface area contributed by atoms with Gasteiger partial charge in [0.05, 0.1) is 30.4 Å². The van der Waals surface area contributed by atoms with E-state index < -0.39 is 23.7 Å². The number of nitrogens with zero attached hydrogens (tertiary/aromatic N) is 1. The SMILES string of the molecule is CC1=C(C(=O)N2CCOCC2)[C@H](c2c(F)cccc2F)NC(=O)N1. The third-order valence-electron chi connectivity index (χ3n) is 4.09. The summed E-state index contributed by atoms with van der Waals surface area (Å²) < 4.78 is 33.6. The van der Waals surface area contributed by atoms with Crippen molar-refractivity contribution in [1.29, 1.82) is 0 Å². The minimum absolute atomic E-state index is 0.125. The highest BCUT2D eigenvalue weighted by atomic mass is 19.1. The van der Waals surface area contributed by atoms with Gasteiger partial charge in [0.2, 0.25) is 0 Å². The number of rotatable bonds is 2. The second-order valence-corrected chi connectivity index (χ2v) is 5.61. The first-order chi connectivity index (χ1) is 11.5. The summed E-state index contributed by atoms with van der Waals surface area (Å²) in [5.74, 6) is -2.01. The molecule has 1 saturated heterocycles. The molecule has 0 unspecified atom stereocenters. The molecule has 8 heteroatoms. The van der Waals surface area contributed by atoms with Crippen molar-refractivity contribution in [3.8, 4) is 0 Å². The van der Waals surface area contributed by atoms with Crippen LogP contribution in [-0.2, 0) is 9.53 Å². The zero-order valence-electron chi connectivity index (χ0n) is 13.1. The smallest absolute Gasteiger partial charge is 0.319 e. The number of halogens is 2. The highest BCUT2D eigenvalue weighted by Crippen LogP contribution is 2.31. The van der Waals surface area contributed by atoms with Gasteiger partial charge < -0.3 is 20.3 Å². The average molecular weight is 337 g/mol. The maximum Gasteiger partial charge on any atom is 0.319 e. The standard InChI is InChI=1S/C16H17F2N3O3/c1-9-12(15(22)21-5-7-24-8-6-21)14(20-16(23)19-9)13-10(17)3-2-4-11(13)18/h2-4,14H,5-8H2,1H3,(H2,19,20,23)/t14-/m1/s1. The van der Waals surface area contributed by atoms with E-state index in [1.807, 2.05) is 0 Å². The van der Waals surface area contributed by atoms with Gasteiger partial charge in [-0.3, -0.25) is 4.79 Å². The molecule has 0 bridgehead atoms. The normalized spacial score (nSPS) is 21.4. The predicted molar refractivity (Wildman–Crippen MR) is 80.9 cm³/mol. The van der Waals surface area contributed by atoms with E-state index in [9.17, 15) is 18.4 Å². The van der Waals surface area contributed by atoms with Crippen LogP contribution in [0.4, 0.5) is 13.6 Å². The van der Waals surface area contributed by atoms with Crippen molar-refractivity contribution in [2.75, 3.05) is 26.3 Å². The third kappa shape index (κ3) is 2.96. The number of morpholine rings is 1. The van der Waals surface area contributed by atoms with Gasteiger partial charge in [-0.05, 0) is 19.1 Å². The molecule has 0 saturated carbocycles. The molecule has 2 heterocycles. The number of hydrogen-bond donors (Lipinski definition) is 2. The van der Waals surface area contributed by atoms with Crippen molar-refractivity contribution in [3.63, 3.8) is 0 Å². The van der Waals surface area contributed by atoms with E-state index in [0.717, 1.165) is 12.1 Å². The van der Waals surface area contributed by atoms with Gasteiger partial charge >= 0.3 is 6.03 Å². The van der Waals surface area contributed by atoms with Crippen molar-refractivity contribution >= 4 is 11.9 Å². The molecule has 0 aromatic heterocycles. The molecule has 1 aromatic rings. The number of amides is 3. The molecule has 3 rings (SSSR count). The zero-order chi connectivity index (χ0) is 17.3. The first kappa shape index (κ1) is 16.4. The van der Waals surface area contributed by atoms with Crippen LogP contribution < -0.4 is 10.6 Å². The molecule has 1 aromatic carbocycles. The van der Waals surface area contributed by atoms with Gasteiger partial charge in [-0.15, -0.1) is 0 Å². The van der Waals surface area contributed by atoms with Gasteiger partial charge in [-0.2, -0.15) is 0 Å².